The molecule has 0 bridgehead atoms. The fraction of sp³-hybridized carbons (Fsp3) is 0. The largest absolute Gasteiger partial charge is 0.477 e. The van der Waals surface area contributed by atoms with E-state index in [0.29, 0.717) is 0 Å². The van der Waals surface area contributed by atoms with Crippen molar-refractivity contribution in [1.82, 2.24) is 5.16 Å². The second kappa shape index (κ2) is 3.94. The van der Waals surface area contributed by atoms with Crippen LogP contribution in [0.25, 0.3) is 11.3 Å². The number of aromatic carboxylic acids is 1. The summed E-state index contributed by atoms with van der Waals surface area (Å²) < 4.78 is 17.8. The summed E-state index contributed by atoms with van der Waals surface area (Å²) in [5, 5.41) is 12.3. The minimum atomic E-state index is -1.20. The van der Waals surface area contributed by atoms with Gasteiger partial charge in [0.25, 0.3) is 0 Å². The van der Waals surface area contributed by atoms with Gasteiger partial charge in [0.05, 0.1) is 6.20 Å². The van der Waals surface area contributed by atoms with E-state index in [2.05, 4.69) is 5.16 Å². The first kappa shape index (κ1) is 10.6. The average molecular weight is 242 g/mol. The normalized spacial score (nSPS) is 10.4. The molecule has 0 fully saturated rings. The highest BCUT2D eigenvalue weighted by molar-refractivity contribution is 6.30. The molecule has 1 aromatic heterocycles. The number of carboxylic acids is 1. The van der Waals surface area contributed by atoms with Crippen LogP contribution in [0.3, 0.4) is 0 Å². The first-order chi connectivity index (χ1) is 7.58. The third kappa shape index (κ3) is 1.90. The van der Waals surface area contributed by atoms with Crippen molar-refractivity contribution in [2.75, 3.05) is 0 Å². The van der Waals surface area contributed by atoms with Gasteiger partial charge in [0, 0.05) is 10.6 Å². The van der Waals surface area contributed by atoms with Crippen molar-refractivity contribution in [3.63, 3.8) is 0 Å². The Balaban J connectivity index is 2.58. The average Bonchev–Trinajstić information content (AvgIpc) is 2.63. The molecule has 0 amide bonds. The first-order valence-corrected chi connectivity index (χ1v) is 4.60. The second-order valence-electron chi connectivity index (χ2n) is 3.03. The van der Waals surface area contributed by atoms with Crippen LogP contribution in [-0.2, 0) is 0 Å². The van der Waals surface area contributed by atoms with Crippen molar-refractivity contribution in [2.24, 2.45) is 0 Å². The molecule has 82 valence electrons. The van der Waals surface area contributed by atoms with Gasteiger partial charge in [0.15, 0.2) is 5.76 Å². The Morgan fingerprint density at radius 3 is 2.81 bits per heavy atom. The maximum atomic E-state index is 13.1. The number of carbonyl (C=O) groups is 1. The Morgan fingerprint density at radius 2 is 2.19 bits per heavy atom. The second-order valence-corrected chi connectivity index (χ2v) is 3.47. The summed E-state index contributed by atoms with van der Waals surface area (Å²) in [4.78, 5) is 10.8. The molecule has 0 spiro atoms. The number of rotatable bonds is 2. The molecule has 0 atom stereocenters. The molecule has 6 heteroatoms. The van der Waals surface area contributed by atoms with Crippen LogP contribution < -0.4 is 0 Å². The van der Waals surface area contributed by atoms with E-state index in [0.717, 1.165) is 18.3 Å². The van der Waals surface area contributed by atoms with Crippen LogP contribution in [0.2, 0.25) is 5.02 Å². The summed E-state index contributed by atoms with van der Waals surface area (Å²) in [6.07, 6.45) is 1.05. The molecule has 1 heterocycles. The van der Waals surface area contributed by atoms with E-state index in [-0.39, 0.29) is 21.9 Å². The molecule has 0 unspecified atom stereocenters. The molecule has 1 aromatic carbocycles. The number of hydrogen-bond donors (Lipinski definition) is 1. The number of aromatic nitrogens is 1. The third-order valence-electron chi connectivity index (χ3n) is 1.93. The summed E-state index contributed by atoms with van der Waals surface area (Å²) in [7, 11) is 0. The Kier molecular flexibility index (Phi) is 2.62. The SMILES string of the molecule is O=C(O)c1cnoc1-c1cc(F)cc(Cl)c1. The summed E-state index contributed by atoms with van der Waals surface area (Å²) in [5.41, 5.74) is 0.0987. The van der Waals surface area contributed by atoms with Gasteiger partial charge in [-0.15, -0.1) is 0 Å². The highest BCUT2D eigenvalue weighted by Gasteiger charge is 2.17. The molecule has 0 radical (unpaired) electrons. The fourth-order valence-electron chi connectivity index (χ4n) is 1.29. The molecule has 4 nitrogen and oxygen atoms in total. The monoisotopic (exact) mass is 241 g/mol. The summed E-state index contributed by atoms with van der Waals surface area (Å²) in [5.74, 6) is -1.79. The van der Waals surface area contributed by atoms with Crippen LogP contribution >= 0.6 is 11.6 Å². The lowest BCUT2D eigenvalue weighted by Crippen LogP contribution is -1.96. The zero-order valence-corrected chi connectivity index (χ0v) is 8.53. The van der Waals surface area contributed by atoms with Gasteiger partial charge in [-0.2, -0.15) is 0 Å². The van der Waals surface area contributed by atoms with Gasteiger partial charge < -0.3 is 9.63 Å². The van der Waals surface area contributed by atoms with Crippen LogP contribution in [0.4, 0.5) is 4.39 Å². The summed E-state index contributed by atoms with van der Waals surface area (Å²) in [6.45, 7) is 0. The Morgan fingerprint density at radius 1 is 1.44 bits per heavy atom. The van der Waals surface area contributed by atoms with Crippen LogP contribution in [0, 0.1) is 5.82 Å². The molecular weight excluding hydrogens is 237 g/mol. The molecule has 2 rings (SSSR count). The van der Waals surface area contributed by atoms with Crippen LogP contribution in [0.1, 0.15) is 10.4 Å². The van der Waals surface area contributed by atoms with E-state index in [1.807, 2.05) is 0 Å². The van der Waals surface area contributed by atoms with Crippen molar-refractivity contribution >= 4 is 17.6 Å². The van der Waals surface area contributed by atoms with E-state index in [9.17, 15) is 9.18 Å². The molecule has 0 saturated carbocycles. The van der Waals surface area contributed by atoms with Crippen LogP contribution in [0.15, 0.2) is 28.9 Å². The third-order valence-corrected chi connectivity index (χ3v) is 2.14. The topological polar surface area (TPSA) is 63.3 Å². The van der Waals surface area contributed by atoms with Crippen LogP contribution in [0.5, 0.6) is 0 Å². The predicted octanol–water partition coefficient (Wildman–Crippen LogP) is 2.83. The minimum Gasteiger partial charge on any atom is -0.477 e. The number of benzene rings is 1. The molecule has 0 aliphatic carbocycles. The Hall–Kier alpha value is -1.88. The Bertz CT molecular complexity index is 532. The number of halogens is 2. The smallest absolute Gasteiger partial charge is 0.341 e. The molecule has 0 saturated heterocycles. The van der Waals surface area contributed by atoms with Crippen molar-refractivity contribution in [3.8, 4) is 11.3 Å². The van der Waals surface area contributed by atoms with E-state index in [1.54, 1.807) is 0 Å². The van der Waals surface area contributed by atoms with E-state index >= 15 is 0 Å². The number of hydrogen-bond acceptors (Lipinski definition) is 3. The van der Waals surface area contributed by atoms with Gasteiger partial charge in [-0.3, -0.25) is 0 Å². The lowest BCUT2D eigenvalue weighted by molar-refractivity contribution is 0.0697. The van der Waals surface area contributed by atoms with E-state index < -0.39 is 11.8 Å². The van der Waals surface area contributed by atoms with Crippen molar-refractivity contribution in [2.45, 2.75) is 0 Å². The van der Waals surface area contributed by atoms with Gasteiger partial charge >= 0.3 is 5.97 Å². The zero-order chi connectivity index (χ0) is 11.7. The summed E-state index contributed by atoms with van der Waals surface area (Å²) in [6, 6.07) is 3.64. The van der Waals surface area contributed by atoms with Crippen molar-refractivity contribution in [3.05, 3.63) is 40.8 Å². The van der Waals surface area contributed by atoms with E-state index in [4.69, 9.17) is 21.2 Å². The highest BCUT2D eigenvalue weighted by atomic mass is 35.5. The van der Waals surface area contributed by atoms with Crippen molar-refractivity contribution in [1.29, 1.82) is 0 Å². The van der Waals surface area contributed by atoms with Gasteiger partial charge in [0.2, 0.25) is 0 Å². The fourth-order valence-corrected chi connectivity index (χ4v) is 1.51. The van der Waals surface area contributed by atoms with Gasteiger partial charge in [-0.05, 0) is 18.2 Å². The van der Waals surface area contributed by atoms with E-state index in [1.165, 1.54) is 6.07 Å². The number of nitrogens with zero attached hydrogens (tertiary/aromatic N) is 1. The molecule has 1 N–H and O–H groups in total. The molecule has 16 heavy (non-hydrogen) atoms. The maximum absolute atomic E-state index is 13.1. The zero-order valence-electron chi connectivity index (χ0n) is 7.78. The van der Waals surface area contributed by atoms with Gasteiger partial charge in [-0.25, -0.2) is 9.18 Å². The molecule has 0 aliphatic rings. The Labute approximate surface area is 94.2 Å². The molecular formula is C10H5ClFNO3. The lowest BCUT2D eigenvalue weighted by Gasteiger charge is -1.99. The molecule has 0 aliphatic heterocycles. The lowest BCUT2D eigenvalue weighted by atomic mass is 10.1. The predicted molar refractivity (Wildman–Crippen MR) is 53.9 cm³/mol. The van der Waals surface area contributed by atoms with Crippen molar-refractivity contribution < 1.29 is 18.8 Å². The standard InChI is InChI=1S/C10H5ClFNO3/c11-6-1-5(2-7(12)3-6)9-8(10(14)15)4-13-16-9/h1-4H,(H,14,15). The molecule has 2 aromatic rings. The minimum absolute atomic E-state index is 0.0195. The van der Waals surface area contributed by atoms with Crippen LogP contribution in [-0.4, -0.2) is 16.2 Å². The van der Waals surface area contributed by atoms with Gasteiger partial charge in [-0.1, -0.05) is 16.8 Å². The number of carboxylic acid groups (broad SMARTS) is 1. The van der Waals surface area contributed by atoms with Gasteiger partial charge in [0.1, 0.15) is 11.4 Å². The maximum Gasteiger partial charge on any atom is 0.341 e. The highest BCUT2D eigenvalue weighted by Crippen LogP contribution is 2.27. The quantitative estimate of drug-likeness (QED) is 0.878. The summed E-state index contributed by atoms with van der Waals surface area (Å²) >= 11 is 5.65. The first-order valence-electron chi connectivity index (χ1n) is 4.22.